The minimum absolute atomic E-state index is 0.0671. The molecule has 0 unspecified atom stereocenters. The van der Waals surface area contributed by atoms with Crippen LogP contribution in [0.3, 0.4) is 0 Å². The standard InChI is InChI=1S/C17H24F3N7S/c1-4-21-15(25-9-14-26-12(10-28-14)11(2)3)23-7-8-24-16-22-6-5-13(27-16)17(18,19)20/h5-6,10-11H,4,7-9H2,1-3H3,(H2,21,23,25)(H,22,24,27). The fraction of sp³-hybridized carbons (Fsp3) is 0.529. The largest absolute Gasteiger partial charge is 0.433 e. The number of anilines is 1. The molecule has 2 aromatic heterocycles. The van der Waals surface area contributed by atoms with E-state index in [2.05, 4.69) is 49.7 Å². The summed E-state index contributed by atoms with van der Waals surface area (Å²) in [4.78, 5) is 16.3. The van der Waals surface area contributed by atoms with Crippen LogP contribution in [-0.4, -0.2) is 40.5 Å². The topological polar surface area (TPSA) is 87.1 Å². The second-order valence-electron chi connectivity index (χ2n) is 6.13. The highest BCUT2D eigenvalue weighted by Gasteiger charge is 2.32. The lowest BCUT2D eigenvalue weighted by molar-refractivity contribution is -0.141. The summed E-state index contributed by atoms with van der Waals surface area (Å²) in [5.74, 6) is 0.919. The summed E-state index contributed by atoms with van der Waals surface area (Å²) in [6.07, 6.45) is -3.41. The highest BCUT2D eigenvalue weighted by atomic mass is 32.1. The van der Waals surface area contributed by atoms with Crippen molar-refractivity contribution >= 4 is 23.2 Å². The van der Waals surface area contributed by atoms with Gasteiger partial charge in [-0.15, -0.1) is 11.3 Å². The molecule has 0 atom stereocenters. The normalized spacial score (nSPS) is 12.3. The Labute approximate surface area is 165 Å². The van der Waals surface area contributed by atoms with Gasteiger partial charge in [0.1, 0.15) is 10.7 Å². The van der Waals surface area contributed by atoms with E-state index in [1.54, 1.807) is 11.3 Å². The predicted molar refractivity (Wildman–Crippen MR) is 105 cm³/mol. The van der Waals surface area contributed by atoms with Crippen molar-refractivity contribution in [2.75, 3.05) is 25.0 Å². The summed E-state index contributed by atoms with van der Waals surface area (Å²) >= 11 is 1.57. The number of thiazole rings is 1. The molecular formula is C17H24F3N7S. The molecule has 0 spiro atoms. The minimum atomic E-state index is -4.49. The molecule has 0 aromatic carbocycles. The number of aliphatic imine (C=N–C) groups is 1. The van der Waals surface area contributed by atoms with Crippen molar-refractivity contribution in [3.63, 3.8) is 0 Å². The van der Waals surface area contributed by atoms with E-state index >= 15 is 0 Å². The van der Waals surface area contributed by atoms with Crippen LogP contribution < -0.4 is 16.0 Å². The van der Waals surface area contributed by atoms with Gasteiger partial charge >= 0.3 is 6.18 Å². The van der Waals surface area contributed by atoms with Crippen LogP contribution in [0.25, 0.3) is 0 Å². The van der Waals surface area contributed by atoms with Crippen molar-refractivity contribution in [2.24, 2.45) is 4.99 Å². The van der Waals surface area contributed by atoms with Gasteiger partial charge in [0.15, 0.2) is 5.96 Å². The Morgan fingerprint density at radius 3 is 2.64 bits per heavy atom. The number of hydrogen-bond donors (Lipinski definition) is 3. The van der Waals surface area contributed by atoms with Crippen LogP contribution in [0, 0.1) is 0 Å². The number of rotatable bonds is 8. The van der Waals surface area contributed by atoms with Gasteiger partial charge in [0, 0.05) is 31.2 Å². The summed E-state index contributed by atoms with van der Waals surface area (Å²) in [5.41, 5.74) is 0.0792. The number of guanidine groups is 1. The molecule has 28 heavy (non-hydrogen) atoms. The van der Waals surface area contributed by atoms with Gasteiger partial charge in [-0.05, 0) is 18.9 Å². The van der Waals surface area contributed by atoms with Crippen LogP contribution >= 0.6 is 11.3 Å². The SMILES string of the molecule is CCNC(=NCc1nc(C(C)C)cs1)NCCNc1nccc(C(F)(F)F)n1. The van der Waals surface area contributed by atoms with Crippen molar-refractivity contribution < 1.29 is 13.2 Å². The molecule has 0 fully saturated rings. The van der Waals surface area contributed by atoms with E-state index in [4.69, 9.17) is 0 Å². The number of hydrogen-bond acceptors (Lipinski definition) is 6. The lowest BCUT2D eigenvalue weighted by Gasteiger charge is -2.12. The molecule has 0 bridgehead atoms. The number of aromatic nitrogens is 3. The molecule has 0 aliphatic rings. The third-order valence-electron chi connectivity index (χ3n) is 3.52. The lowest BCUT2D eigenvalue weighted by Crippen LogP contribution is -2.39. The maximum atomic E-state index is 12.7. The maximum Gasteiger partial charge on any atom is 0.433 e. The number of alkyl halides is 3. The second kappa shape index (κ2) is 10.2. The Morgan fingerprint density at radius 1 is 1.21 bits per heavy atom. The molecule has 2 rings (SSSR count). The smallest absolute Gasteiger partial charge is 0.357 e. The van der Waals surface area contributed by atoms with E-state index in [-0.39, 0.29) is 5.95 Å². The number of halogens is 3. The van der Waals surface area contributed by atoms with Gasteiger partial charge in [-0.1, -0.05) is 13.8 Å². The third kappa shape index (κ3) is 6.95. The zero-order valence-corrected chi connectivity index (χ0v) is 16.8. The second-order valence-corrected chi connectivity index (χ2v) is 7.08. The zero-order valence-electron chi connectivity index (χ0n) is 16.0. The zero-order chi connectivity index (χ0) is 20.6. The molecule has 0 saturated carbocycles. The first-order valence-corrected chi connectivity index (χ1v) is 9.78. The average Bonchev–Trinajstić information content (AvgIpc) is 3.12. The highest BCUT2D eigenvalue weighted by Crippen LogP contribution is 2.27. The summed E-state index contributed by atoms with van der Waals surface area (Å²) in [5, 5.41) is 12.0. The molecular weight excluding hydrogens is 391 g/mol. The average molecular weight is 415 g/mol. The fourth-order valence-corrected chi connectivity index (χ4v) is 2.99. The van der Waals surface area contributed by atoms with Gasteiger partial charge in [-0.3, -0.25) is 0 Å². The van der Waals surface area contributed by atoms with Crippen LogP contribution in [0.2, 0.25) is 0 Å². The van der Waals surface area contributed by atoms with Gasteiger partial charge in [0.05, 0.1) is 12.2 Å². The Kier molecular flexibility index (Phi) is 7.97. The van der Waals surface area contributed by atoms with Crippen LogP contribution in [-0.2, 0) is 12.7 Å². The van der Waals surface area contributed by atoms with Crippen LogP contribution in [0.5, 0.6) is 0 Å². The molecule has 154 valence electrons. The molecule has 0 aliphatic carbocycles. The van der Waals surface area contributed by atoms with Crippen molar-refractivity contribution in [3.05, 3.63) is 34.0 Å². The number of nitrogens with zero attached hydrogens (tertiary/aromatic N) is 4. The summed E-state index contributed by atoms with van der Waals surface area (Å²) in [6.45, 7) is 8.04. The molecule has 2 aromatic rings. The van der Waals surface area contributed by atoms with E-state index in [0.717, 1.165) is 23.0 Å². The summed E-state index contributed by atoms with van der Waals surface area (Å²) < 4.78 is 38.0. The Bertz CT molecular complexity index is 774. The molecule has 11 heteroatoms. The van der Waals surface area contributed by atoms with E-state index in [1.165, 1.54) is 0 Å². The van der Waals surface area contributed by atoms with E-state index in [1.807, 2.05) is 12.3 Å². The lowest BCUT2D eigenvalue weighted by atomic mass is 10.2. The first kappa shape index (κ1) is 21.9. The van der Waals surface area contributed by atoms with Gasteiger partial charge in [-0.2, -0.15) is 13.2 Å². The van der Waals surface area contributed by atoms with E-state index in [9.17, 15) is 13.2 Å². The Hall–Kier alpha value is -2.43. The van der Waals surface area contributed by atoms with Gasteiger partial charge in [-0.25, -0.2) is 19.9 Å². The molecule has 2 heterocycles. The quantitative estimate of drug-likeness (QED) is 0.349. The first-order valence-electron chi connectivity index (χ1n) is 8.90. The van der Waals surface area contributed by atoms with Gasteiger partial charge in [0.25, 0.3) is 0 Å². The fourth-order valence-electron chi connectivity index (χ4n) is 2.11. The molecule has 0 radical (unpaired) electrons. The molecule has 3 N–H and O–H groups in total. The molecule has 7 nitrogen and oxygen atoms in total. The van der Waals surface area contributed by atoms with E-state index in [0.29, 0.717) is 38.1 Å². The number of nitrogens with one attached hydrogen (secondary N) is 3. The van der Waals surface area contributed by atoms with Crippen molar-refractivity contribution in [1.82, 2.24) is 25.6 Å². The third-order valence-corrected chi connectivity index (χ3v) is 4.38. The van der Waals surface area contributed by atoms with Crippen molar-refractivity contribution in [1.29, 1.82) is 0 Å². The molecule has 0 amide bonds. The van der Waals surface area contributed by atoms with Crippen LogP contribution in [0.4, 0.5) is 19.1 Å². The van der Waals surface area contributed by atoms with Crippen LogP contribution in [0.15, 0.2) is 22.6 Å². The Balaban J connectivity index is 1.84. The highest BCUT2D eigenvalue weighted by molar-refractivity contribution is 7.09. The van der Waals surface area contributed by atoms with Crippen molar-refractivity contribution in [2.45, 2.75) is 39.4 Å². The Morgan fingerprint density at radius 2 is 2.00 bits per heavy atom. The predicted octanol–water partition coefficient (Wildman–Crippen LogP) is 3.24. The van der Waals surface area contributed by atoms with Gasteiger partial charge < -0.3 is 16.0 Å². The summed E-state index contributed by atoms with van der Waals surface area (Å²) in [7, 11) is 0. The van der Waals surface area contributed by atoms with Crippen LogP contribution in [0.1, 0.15) is 43.1 Å². The van der Waals surface area contributed by atoms with Gasteiger partial charge in [0.2, 0.25) is 5.95 Å². The first-order chi connectivity index (χ1) is 13.3. The monoisotopic (exact) mass is 415 g/mol. The molecule has 0 aliphatic heterocycles. The summed E-state index contributed by atoms with van der Waals surface area (Å²) in [6, 6.07) is 0.836. The van der Waals surface area contributed by atoms with Crippen molar-refractivity contribution in [3.8, 4) is 0 Å². The van der Waals surface area contributed by atoms with E-state index < -0.39 is 11.9 Å². The molecule has 0 saturated heterocycles. The minimum Gasteiger partial charge on any atom is -0.357 e. The maximum absolute atomic E-state index is 12.7.